The predicted octanol–water partition coefficient (Wildman–Crippen LogP) is 0.310. The monoisotopic (exact) mass is 209 g/mol. The molecule has 1 aromatic carbocycles. The molecule has 1 aliphatic heterocycles. The molecule has 0 bridgehead atoms. The molecule has 0 aromatic heterocycles. The van der Waals surface area contributed by atoms with Crippen molar-refractivity contribution in [3.8, 4) is 0 Å². The molecule has 0 atom stereocenters. The molecule has 2 N–H and O–H groups in total. The van der Waals surface area contributed by atoms with Crippen molar-refractivity contribution in [3.63, 3.8) is 0 Å². The van der Waals surface area contributed by atoms with Gasteiger partial charge in [-0.05, 0) is 5.56 Å². The van der Waals surface area contributed by atoms with Crippen molar-refractivity contribution in [3.05, 3.63) is 35.9 Å². The van der Waals surface area contributed by atoms with E-state index in [9.17, 15) is 4.79 Å². The summed E-state index contributed by atoms with van der Waals surface area (Å²) < 4.78 is 4.54. The number of ether oxygens (including phenoxy) is 1. The summed E-state index contributed by atoms with van der Waals surface area (Å²) in [5.41, 5.74) is 1.01. The van der Waals surface area contributed by atoms with Crippen molar-refractivity contribution in [2.45, 2.75) is 12.7 Å². The number of carbonyl (C=O) groups excluding carboxylic acids is 1. The van der Waals surface area contributed by atoms with Crippen molar-refractivity contribution >= 4 is 6.47 Å². The van der Waals surface area contributed by atoms with E-state index in [1.807, 2.05) is 30.3 Å². The van der Waals surface area contributed by atoms with Gasteiger partial charge >= 0.3 is 0 Å². The first-order chi connectivity index (χ1) is 7.33. The molecule has 1 heterocycles. The lowest BCUT2D eigenvalue weighted by molar-refractivity contribution is -0.129. The van der Waals surface area contributed by atoms with Crippen LogP contribution >= 0.6 is 0 Å². The Morgan fingerprint density at radius 3 is 2.40 bits per heavy atom. The molecule has 1 saturated heterocycles. The summed E-state index contributed by atoms with van der Waals surface area (Å²) in [6.45, 7) is 2.40. The minimum Gasteiger partial charge on any atom is -0.463 e. The molecule has 4 nitrogen and oxygen atoms in total. The molecule has 1 aromatic rings. The van der Waals surface area contributed by atoms with Gasteiger partial charge in [0.1, 0.15) is 6.61 Å². The van der Waals surface area contributed by atoms with E-state index < -0.39 is 0 Å². The van der Waals surface area contributed by atoms with Gasteiger partial charge in [-0.1, -0.05) is 30.3 Å². The third-order valence-corrected chi connectivity index (χ3v) is 1.92. The zero-order chi connectivity index (χ0) is 10.9. The largest absolute Gasteiger partial charge is 0.463 e. The van der Waals surface area contributed by atoms with Crippen molar-refractivity contribution in [2.24, 2.45) is 0 Å². The van der Waals surface area contributed by atoms with E-state index in [0.717, 1.165) is 18.7 Å². The fourth-order valence-corrected chi connectivity index (χ4v) is 0.978. The van der Waals surface area contributed by atoms with Gasteiger partial charge in [-0.3, -0.25) is 4.79 Å². The maximum absolute atomic E-state index is 9.76. The number of benzene rings is 1. The molecule has 4 heteroatoms. The molecule has 1 aliphatic rings. The van der Waals surface area contributed by atoms with E-state index in [1.165, 1.54) is 0 Å². The van der Waals surface area contributed by atoms with Gasteiger partial charge in [-0.2, -0.15) is 0 Å². The summed E-state index contributed by atoms with van der Waals surface area (Å²) in [4.78, 5) is 9.76. The highest BCUT2D eigenvalue weighted by Gasteiger charge is 2.10. The summed E-state index contributed by atoms with van der Waals surface area (Å²) in [5.74, 6) is 0. The van der Waals surface area contributed by atoms with Gasteiger partial charge < -0.3 is 15.2 Å². The maximum Gasteiger partial charge on any atom is 0.293 e. The Morgan fingerprint density at radius 1 is 1.40 bits per heavy atom. The van der Waals surface area contributed by atoms with Crippen LogP contribution in [0.25, 0.3) is 0 Å². The molecule has 0 unspecified atom stereocenters. The van der Waals surface area contributed by atoms with Crippen LogP contribution in [0.3, 0.4) is 0 Å². The predicted molar refractivity (Wildman–Crippen MR) is 56.2 cm³/mol. The van der Waals surface area contributed by atoms with Crippen LogP contribution in [0.5, 0.6) is 0 Å². The van der Waals surface area contributed by atoms with E-state index >= 15 is 0 Å². The molecule has 1 fully saturated rings. The van der Waals surface area contributed by atoms with Crippen LogP contribution in [0.1, 0.15) is 5.56 Å². The van der Waals surface area contributed by atoms with Gasteiger partial charge in [0.05, 0.1) is 6.10 Å². The number of β-amino-alcohol motifs (C(OH)–C–C–N with tert-alkyl or cyclic N) is 1. The smallest absolute Gasteiger partial charge is 0.293 e. The third-order valence-electron chi connectivity index (χ3n) is 1.92. The zero-order valence-corrected chi connectivity index (χ0v) is 8.43. The van der Waals surface area contributed by atoms with Crippen LogP contribution in [-0.2, 0) is 16.1 Å². The van der Waals surface area contributed by atoms with E-state index in [1.54, 1.807) is 0 Å². The number of nitrogens with one attached hydrogen (secondary N) is 1. The molecule has 0 amide bonds. The average molecular weight is 209 g/mol. The highest BCUT2D eigenvalue weighted by molar-refractivity contribution is 5.37. The lowest BCUT2D eigenvalue weighted by atomic mass is 10.2. The number of rotatable bonds is 3. The fourth-order valence-electron chi connectivity index (χ4n) is 0.978. The number of carbonyl (C=O) groups is 1. The summed E-state index contributed by atoms with van der Waals surface area (Å²) in [6.07, 6.45) is -0.0463. The summed E-state index contributed by atoms with van der Waals surface area (Å²) in [5, 5.41) is 11.3. The Balaban J connectivity index is 0.000000187. The summed E-state index contributed by atoms with van der Waals surface area (Å²) in [6, 6.07) is 9.55. The Labute approximate surface area is 88.9 Å². The van der Waals surface area contributed by atoms with Crippen LogP contribution in [0.15, 0.2) is 30.3 Å². The molecule has 0 saturated carbocycles. The molecular weight excluding hydrogens is 194 g/mol. The van der Waals surface area contributed by atoms with Crippen LogP contribution in [0, 0.1) is 0 Å². The number of hydrogen-bond donors (Lipinski definition) is 2. The highest BCUT2D eigenvalue weighted by atomic mass is 16.5. The van der Waals surface area contributed by atoms with Gasteiger partial charge in [-0.15, -0.1) is 0 Å². The minimum absolute atomic E-state index is 0.0463. The average Bonchev–Trinajstić information content (AvgIpc) is 2.26. The van der Waals surface area contributed by atoms with Crippen molar-refractivity contribution in [1.82, 2.24) is 5.32 Å². The Morgan fingerprint density at radius 2 is 2.00 bits per heavy atom. The van der Waals surface area contributed by atoms with Crippen LogP contribution < -0.4 is 5.32 Å². The first-order valence-electron chi connectivity index (χ1n) is 4.81. The standard InChI is InChI=1S/C8H8O2.C3H7NO/c9-7-10-6-8-4-2-1-3-5-8;5-3-1-4-2-3/h1-5,7H,6H2;3-5H,1-2H2. The quantitative estimate of drug-likeness (QED) is 0.703. The lowest BCUT2D eigenvalue weighted by Crippen LogP contribution is -2.46. The van der Waals surface area contributed by atoms with E-state index in [4.69, 9.17) is 5.11 Å². The van der Waals surface area contributed by atoms with Gasteiger partial charge in [0.2, 0.25) is 0 Å². The van der Waals surface area contributed by atoms with E-state index in [2.05, 4.69) is 10.1 Å². The second kappa shape index (κ2) is 6.98. The minimum atomic E-state index is -0.0463. The first-order valence-corrected chi connectivity index (χ1v) is 4.81. The zero-order valence-electron chi connectivity index (χ0n) is 8.43. The molecule has 0 aliphatic carbocycles. The molecule has 0 radical (unpaired) electrons. The van der Waals surface area contributed by atoms with E-state index in [0.29, 0.717) is 13.1 Å². The summed E-state index contributed by atoms with van der Waals surface area (Å²) in [7, 11) is 0. The lowest BCUT2D eigenvalue weighted by Gasteiger charge is -2.20. The SMILES string of the molecule is O=COCc1ccccc1.OC1CNC1. The number of aliphatic hydroxyl groups excluding tert-OH is 1. The van der Waals surface area contributed by atoms with Crippen LogP contribution in [0.4, 0.5) is 0 Å². The Hall–Kier alpha value is -1.39. The van der Waals surface area contributed by atoms with E-state index in [-0.39, 0.29) is 6.10 Å². The third kappa shape index (κ3) is 5.15. The van der Waals surface area contributed by atoms with Gasteiger partial charge in [0.15, 0.2) is 0 Å². The molecule has 82 valence electrons. The van der Waals surface area contributed by atoms with Crippen molar-refractivity contribution < 1.29 is 14.6 Å². The van der Waals surface area contributed by atoms with Crippen molar-refractivity contribution in [2.75, 3.05) is 13.1 Å². The van der Waals surface area contributed by atoms with Crippen LogP contribution in [-0.4, -0.2) is 30.8 Å². The van der Waals surface area contributed by atoms with Gasteiger partial charge in [0, 0.05) is 13.1 Å². The first kappa shape index (κ1) is 11.7. The number of hydrogen-bond acceptors (Lipinski definition) is 4. The van der Waals surface area contributed by atoms with Crippen molar-refractivity contribution in [1.29, 1.82) is 0 Å². The summed E-state index contributed by atoms with van der Waals surface area (Å²) >= 11 is 0. The normalized spacial score (nSPS) is 14.5. The van der Waals surface area contributed by atoms with Gasteiger partial charge in [0.25, 0.3) is 6.47 Å². The second-order valence-corrected chi connectivity index (χ2v) is 3.20. The maximum atomic E-state index is 9.76. The Kier molecular flexibility index (Phi) is 5.43. The fraction of sp³-hybridized carbons (Fsp3) is 0.364. The topological polar surface area (TPSA) is 58.6 Å². The Bertz CT molecular complexity index is 272. The second-order valence-electron chi connectivity index (χ2n) is 3.20. The molecule has 2 rings (SSSR count). The highest BCUT2D eigenvalue weighted by Crippen LogP contribution is 1.98. The molecule has 0 spiro atoms. The van der Waals surface area contributed by atoms with Gasteiger partial charge in [-0.25, -0.2) is 0 Å². The molecular formula is C11H15NO3. The molecule has 15 heavy (non-hydrogen) atoms. The number of aliphatic hydroxyl groups is 1. The van der Waals surface area contributed by atoms with Crippen LogP contribution in [0.2, 0.25) is 0 Å².